The number of hydrogen-bond donors (Lipinski definition) is 0. The van der Waals surface area contributed by atoms with E-state index in [0.717, 1.165) is 11.3 Å². The fourth-order valence-corrected chi connectivity index (χ4v) is 2.25. The van der Waals surface area contributed by atoms with Crippen molar-refractivity contribution in [3.05, 3.63) is 58.9 Å². The largest absolute Gasteiger partial charge is 0.344 e. The number of Topliss-reactive ketones (excluding diaryl/α,β-unsaturated/α-hetero) is 1. The van der Waals surface area contributed by atoms with Crippen molar-refractivity contribution in [2.75, 3.05) is 0 Å². The van der Waals surface area contributed by atoms with Gasteiger partial charge in [-0.1, -0.05) is 29.8 Å². The highest BCUT2D eigenvalue weighted by molar-refractivity contribution is 6.08. The van der Waals surface area contributed by atoms with Crippen molar-refractivity contribution in [1.29, 1.82) is 0 Å². The first-order valence-electron chi connectivity index (χ1n) is 6.69. The van der Waals surface area contributed by atoms with Crippen LogP contribution in [0.1, 0.15) is 47.1 Å². The van der Waals surface area contributed by atoms with Crippen LogP contribution >= 0.6 is 0 Å². The molecule has 2 aromatic rings. The van der Waals surface area contributed by atoms with Gasteiger partial charge in [-0.3, -0.25) is 9.59 Å². The lowest BCUT2D eigenvalue weighted by molar-refractivity contribution is -0.118. The summed E-state index contributed by atoms with van der Waals surface area (Å²) in [6, 6.07) is 11.2. The molecule has 1 atom stereocenters. The summed E-state index contributed by atoms with van der Waals surface area (Å²) in [6.45, 7) is 5.42. The standard InChI is InChI=1S/C17H19NO2/c1-11-5-7-14(8-6-11)17(20)16-10-9-15(18(16)4)12(2)13(3)19/h5-10,12H,1-4H3/t12-/m0/s1. The van der Waals surface area contributed by atoms with E-state index in [9.17, 15) is 9.59 Å². The van der Waals surface area contributed by atoms with Crippen molar-refractivity contribution in [2.45, 2.75) is 26.7 Å². The Balaban J connectivity index is 2.37. The first kappa shape index (κ1) is 14.3. The van der Waals surface area contributed by atoms with Gasteiger partial charge >= 0.3 is 0 Å². The van der Waals surface area contributed by atoms with Gasteiger partial charge in [0, 0.05) is 18.3 Å². The molecule has 0 N–H and O–H groups in total. The predicted molar refractivity (Wildman–Crippen MR) is 79.1 cm³/mol. The van der Waals surface area contributed by atoms with Crippen LogP contribution in [-0.4, -0.2) is 16.1 Å². The predicted octanol–water partition coefficient (Wildman–Crippen LogP) is 3.26. The maximum atomic E-state index is 12.5. The SMILES string of the molecule is CC(=O)[C@H](C)c1ccc(C(=O)c2ccc(C)cc2)n1C. The number of rotatable bonds is 4. The number of aryl methyl sites for hydroxylation is 1. The molecular weight excluding hydrogens is 250 g/mol. The highest BCUT2D eigenvalue weighted by Gasteiger charge is 2.19. The van der Waals surface area contributed by atoms with Crippen molar-refractivity contribution < 1.29 is 9.59 Å². The molecule has 1 heterocycles. The number of hydrogen-bond acceptors (Lipinski definition) is 2. The van der Waals surface area contributed by atoms with E-state index in [4.69, 9.17) is 0 Å². The molecule has 1 aromatic heterocycles. The highest BCUT2D eigenvalue weighted by Crippen LogP contribution is 2.20. The maximum absolute atomic E-state index is 12.5. The number of carbonyl (C=O) groups excluding carboxylic acids is 2. The topological polar surface area (TPSA) is 39.1 Å². The third-order valence-electron chi connectivity index (χ3n) is 3.76. The summed E-state index contributed by atoms with van der Waals surface area (Å²) < 4.78 is 1.81. The summed E-state index contributed by atoms with van der Waals surface area (Å²) in [6.07, 6.45) is 0. The van der Waals surface area contributed by atoms with Gasteiger partial charge in [0.05, 0.1) is 11.6 Å². The zero-order valence-corrected chi connectivity index (χ0v) is 12.3. The minimum atomic E-state index is -0.195. The van der Waals surface area contributed by atoms with E-state index < -0.39 is 0 Å². The van der Waals surface area contributed by atoms with Crippen LogP contribution in [0, 0.1) is 6.92 Å². The van der Waals surface area contributed by atoms with Gasteiger partial charge in [-0.05, 0) is 32.9 Å². The van der Waals surface area contributed by atoms with E-state index in [1.807, 2.05) is 55.8 Å². The van der Waals surface area contributed by atoms with Crippen LogP contribution < -0.4 is 0 Å². The Kier molecular flexibility index (Phi) is 3.89. The molecule has 20 heavy (non-hydrogen) atoms. The average molecular weight is 269 g/mol. The Hall–Kier alpha value is -2.16. The molecule has 0 aliphatic carbocycles. The van der Waals surface area contributed by atoms with Gasteiger partial charge in [-0.25, -0.2) is 0 Å². The second kappa shape index (κ2) is 5.45. The molecule has 0 fully saturated rings. The second-order valence-electron chi connectivity index (χ2n) is 5.23. The van der Waals surface area contributed by atoms with E-state index in [2.05, 4.69) is 0 Å². The summed E-state index contributed by atoms with van der Waals surface area (Å²) in [4.78, 5) is 24.0. The van der Waals surface area contributed by atoms with E-state index in [1.165, 1.54) is 0 Å². The van der Waals surface area contributed by atoms with Crippen LogP contribution in [0.15, 0.2) is 36.4 Å². The molecule has 0 saturated carbocycles. The van der Waals surface area contributed by atoms with Crippen molar-refractivity contribution in [1.82, 2.24) is 4.57 Å². The van der Waals surface area contributed by atoms with Crippen LogP contribution in [0.5, 0.6) is 0 Å². The lowest BCUT2D eigenvalue weighted by Gasteiger charge is -2.11. The van der Waals surface area contributed by atoms with Gasteiger partial charge in [0.25, 0.3) is 0 Å². The first-order valence-corrected chi connectivity index (χ1v) is 6.69. The summed E-state index contributed by atoms with van der Waals surface area (Å²) in [7, 11) is 1.83. The molecule has 104 valence electrons. The van der Waals surface area contributed by atoms with Crippen molar-refractivity contribution >= 4 is 11.6 Å². The Morgan fingerprint density at radius 1 is 1.05 bits per heavy atom. The van der Waals surface area contributed by atoms with Gasteiger partial charge in [0.1, 0.15) is 5.78 Å². The third kappa shape index (κ3) is 2.57. The van der Waals surface area contributed by atoms with Gasteiger partial charge < -0.3 is 4.57 Å². The second-order valence-corrected chi connectivity index (χ2v) is 5.23. The summed E-state index contributed by atoms with van der Waals surface area (Å²) in [5.74, 6) is -0.116. The number of aromatic nitrogens is 1. The molecule has 1 aromatic carbocycles. The molecule has 0 amide bonds. The van der Waals surface area contributed by atoms with E-state index in [0.29, 0.717) is 11.3 Å². The molecule has 0 bridgehead atoms. The maximum Gasteiger partial charge on any atom is 0.209 e. The zero-order chi connectivity index (χ0) is 14.9. The molecule has 3 nitrogen and oxygen atoms in total. The number of carbonyl (C=O) groups is 2. The van der Waals surface area contributed by atoms with Gasteiger partial charge in [-0.15, -0.1) is 0 Å². The Labute approximate surface area is 119 Å². The molecule has 0 radical (unpaired) electrons. The molecule has 2 rings (SSSR count). The van der Waals surface area contributed by atoms with Crippen LogP contribution in [0.4, 0.5) is 0 Å². The van der Waals surface area contributed by atoms with Crippen LogP contribution in [0.25, 0.3) is 0 Å². The molecular formula is C17H19NO2. The first-order chi connectivity index (χ1) is 9.41. The Bertz CT molecular complexity index is 650. The van der Waals surface area contributed by atoms with Crippen molar-refractivity contribution in [2.24, 2.45) is 7.05 Å². The minimum absolute atomic E-state index is 0.0190. The smallest absolute Gasteiger partial charge is 0.209 e. The number of nitrogens with zero attached hydrogens (tertiary/aromatic N) is 1. The Morgan fingerprint density at radius 3 is 2.20 bits per heavy atom. The van der Waals surface area contributed by atoms with Crippen molar-refractivity contribution in [3.63, 3.8) is 0 Å². The van der Waals surface area contributed by atoms with Crippen LogP contribution in [0.2, 0.25) is 0 Å². The van der Waals surface area contributed by atoms with Gasteiger partial charge in [-0.2, -0.15) is 0 Å². The molecule has 0 unspecified atom stereocenters. The fraction of sp³-hybridized carbons (Fsp3) is 0.294. The molecule has 0 spiro atoms. The lowest BCUT2D eigenvalue weighted by Crippen LogP contribution is -2.13. The average Bonchev–Trinajstić information content (AvgIpc) is 2.79. The quantitative estimate of drug-likeness (QED) is 0.799. The Morgan fingerprint density at radius 2 is 1.65 bits per heavy atom. The molecule has 0 aliphatic heterocycles. The fourth-order valence-electron chi connectivity index (χ4n) is 2.25. The van der Waals surface area contributed by atoms with Crippen LogP contribution in [0.3, 0.4) is 0 Å². The number of benzene rings is 1. The molecule has 3 heteroatoms. The monoisotopic (exact) mass is 269 g/mol. The van der Waals surface area contributed by atoms with Gasteiger partial charge in [0.2, 0.25) is 5.78 Å². The van der Waals surface area contributed by atoms with E-state index in [-0.39, 0.29) is 17.5 Å². The zero-order valence-electron chi connectivity index (χ0n) is 12.3. The van der Waals surface area contributed by atoms with Gasteiger partial charge in [0.15, 0.2) is 0 Å². The van der Waals surface area contributed by atoms with E-state index in [1.54, 1.807) is 13.0 Å². The molecule has 0 saturated heterocycles. The lowest BCUT2D eigenvalue weighted by atomic mass is 10.0. The van der Waals surface area contributed by atoms with Crippen molar-refractivity contribution in [3.8, 4) is 0 Å². The third-order valence-corrected chi connectivity index (χ3v) is 3.76. The summed E-state index contributed by atoms with van der Waals surface area (Å²) >= 11 is 0. The van der Waals surface area contributed by atoms with Crippen LogP contribution in [-0.2, 0) is 11.8 Å². The summed E-state index contributed by atoms with van der Waals surface area (Å²) in [5.41, 5.74) is 3.27. The molecule has 0 aliphatic rings. The normalized spacial score (nSPS) is 12.2. The number of ketones is 2. The van der Waals surface area contributed by atoms with E-state index >= 15 is 0 Å². The summed E-state index contributed by atoms with van der Waals surface area (Å²) in [5, 5.41) is 0. The minimum Gasteiger partial charge on any atom is -0.344 e. The highest BCUT2D eigenvalue weighted by atomic mass is 16.1.